The van der Waals surface area contributed by atoms with Crippen molar-refractivity contribution < 1.29 is 18.0 Å². The first-order valence-electron chi connectivity index (χ1n) is 13.3. The minimum Gasteiger partial charge on any atom is -0.345 e. The number of allylic oxidation sites excluding steroid dienone is 4. The molecule has 0 aromatic heterocycles. The predicted octanol–water partition coefficient (Wildman–Crippen LogP) is 3.28. The molecule has 3 atom stereocenters. The van der Waals surface area contributed by atoms with Gasteiger partial charge in [0.15, 0.2) is 5.84 Å². The number of rotatable bonds is 11. The van der Waals surface area contributed by atoms with Gasteiger partial charge in [0, 0.05) is 13.0 Å². The number of hydrogen-bond acceptors (Lipinski definition) is 6. The third-order valence-corrected chi connectivity index (χ3v) is 8.38. The molecular formula is C28H37N5O4S. The highest BCUT2D eigenvalue weighted by Gasteiger charge is 2.35. The van der Waals surface area contributed by atoms with Crippen LogP contribution in [-0.2, 0) is 19.6 Å². The van der Waals surface area contributed by atoms with Crippen molar-refractivity contribution in [2.45, 2.75) is 71.0 Å². The first-order valence-corrected chi connectivity index (χ1v) is 15.0. The van der Waals surface area contributed by atoms with Crippen molar-refractivity contribution >= 4 is 33.4 Å². The fraction of sp³-hybridized carbons (Fsp3) is 0.500. The molecule has 10 heteroatoms. The number of likely N-dealkylation sites (tertiary alicyclic amines) is 1. The van der Waals surface area contributed by atoms with Crippen LogP contribution in [0, 0.1) is 5.92 Å². The highest BCUT2D eigenvalue weighted by Crippen LogP contribution is 2.32. The van der Waals surface area contributed by atoms with Crippen molar-refractivity contribution in [1.29, 1.82) is 0 Å². The summed E-state index contributed by atoms with van der Waals surface area (Å²) < 4.78 is 28.3. The van der Waals surface area contributed by atoms with Crippen molar-refractivity contribution in [3.05, 3.63) is 59.8 Å². The number of aliphatic imine (C=N–C) groups is 2. The van der Waals surface area contributed by atoms with Crippen LogP contribution in [0.2, 0.25) is 0 Å². The summed E-state index contributed by atoms with van der Waals surface area (Å²) >= 11 is 0. The van der Waals surface area contributed by atoms with Gasteiger partial charge in [0.25, 0.3) is 0 Å². The summed E-state index contributed by atoms with van der Waals surface area (Å²) in [5, 5.41) is 2.84. The molecule has 2 aliphatic heterocycles. The van der Waals surface area contributed by atoms with Gasteiger partial charge in [0.1, 0.15) is 6.04 Å². The van der Waals surface area contributed by atoms with E-state index in [1.165, 1.54) is 0 Å². The van der Waals surface area contributed by atoms with Gasteiger partial charge in [-0.3, -0.25) is 9.59 Å². The molecule has 38 heavy (non-hydrogen) atoms. The van der Waals surface area contributed by atoms with Gasteiger partial charge in [-0.25, -0.2) is 23.1 Å². The number of nitrogens with zero attached hydrogens (tertiary/aromatic N) is 3. The second kappa shape index (κ2) is 12.2. The Morgan fingerprint density at radius 2 is 1.89 bits per heavy atom. The molecule has 0 bridgehead atoms. The molecule has 1 aliphatic carbocycles. The van der Waals surface area contributed by atoms with Gasteiger partial charge in [-0.2, -0.15) is 0 Å². The van der Waals surface area contributed by atoms with Crippen molar-refractivity contribution in [2.75, 3.05) is 12.3 Å². The van der Waals surface area contributed by atoms with E-state index in [1.54, 1.807) is 11.8 Å². The van der Waals surface area contributed by atoms with Crippen molar-refractivity contribution in [1.82, 2.24) is 14.9 Å². The number of hydrogen-bond donors (Lipinski definition) is 2. The van der Waals surface area contributed by atoms with E-state index in [0.717, 1.165) is 29.8 Å². The number of amidine groups is 1. The fourth-order valence-electron chi connectivity index (χ4n) is 4.84. The highest BCUT2D eigenvalue weighted by atomic mass is 32.2. The maximum absolute atomic E-state index is 13.5. The number of carbonyl (C=O) groups is 2. The van der Waals surface area contributed by atoms with E-state index in [9.17, 15) is 18.0 Å². The molecule has 9 nitrogen and oxygen atoms in total. The topological polar surface area (TPSA) is 120 Å². The smallest absolute Gasteiger partial charge is 0.239 e. The van der Waals surface area contributed by atoms with E-state index in [2.05, 4.69) is 20.0 Å². The molecule has 1 unspecified atom stereocenters. The number of fused-ring (bicyclic) bond motifs is 1. The van der Waals surface area contributed by atoms with Crippen LogP contribution in [0.1, 0.15) is 64.5 Å². The Balaban J connectivity index is 1.49. The van der Waals surface area contributed by atoms with Crippen LogP contribution in [-0.4, -0.2) is 61.1 Å². The highest BCUT2D eigenvalue weighted by molar-refractivity contribution is 7.89. The zero-order valence-corrected chi connectivity index (χ0v) is 23.1. The molecule has 1 aromatic carbocycles. The molecule has 4 rings (SSSR count). The second-order valence-corrected chi connectivity index (χ2v) is 12.3. The first-order chi connectivity index (χ1) is 18.1. The molecule has 1 saturated heterocycles. The van der Waals surface area contributed by atoms with E-state index < -0.39 is 28.0 Å². The molecule has 0 saturated carbocycles. The predicted molar refractivity (Wildman–Crippen MR) is 149 cm³/mol. The lowest BCUT2D eigenvalue weighted by atomic mass is 10.0. The Labute approximate surface area is 225 Å². The Kier molecular flexibility index (Phi) is 8.94. The lowest BCUT2D eigenvalue weighted by molar-refractivity contribution is -0.135. The van der Waals surface area contributed by atoms with Crippen molar-refractivity contribution in [3.8, 4) is 0 Å². The lowest BCUT2D eigenvalue weighted by Crippen LogP contribution is -2.52. The molecule has 2 heterocycles. The summed E-state index contributed by atoms with van der Waals surface area (Å²) in [7, 11) is -3.78. The van der Waals surface area contributed by atoms with Gasteiger partial charge in [-0.05, 0) is 43.7 Å². The van der Waals surface area contributed by atoms with E-state index in [0.29, 0.717) is 25.2 Å². The van der Waals surface area contributed by atoms with E-state index in [4.69, 9.17) is 0 Å². The fourth-order valence-corrected chi connectivity index (χ4v) is 6.36. The molecule has 1 fully saturated rings. The van der Waals surface area contributed by atoms with Crippen LogP contribution in [0.5, 0.6) is 0 Å². The summed E-state index contributed by atoms with van der Waals surface area (Å²) in [5.41, 5.74) is 2.64. The normalized spacial score (nSPS) is 20.5. The van der Waals surface area contributed by atoms with E-state index in [-0.39, 0.29) is 30.0 Å². The van der Waals surface area contributed by atoms with Gasteiger partial charge in [-0.15, -0.1) is 0 Å². The monoisotopic (exact) mass is 539 g/mol. The molecule has 1 aromatic rings. The molecule has 0 radical (unpaired) electrons. The Bertz CT molecular complexity index is 1270. The number of benzene rings is 1. The molecule has 204 valence electrons. The van der Waals surface area contributed by atoms with Crippen LogP contribution in [0.3, 0.4) is 0 Å². The average molecular weight is 540 g/mol. The average Bonchev–Trinajstić information content (AvgIpc) is 3.55. The summed E-state index contributed by atoms with van der Waals surface area (Å²) in [4.78, 5) is 37.7. The Morgan fingerprint density at radius 1 is 1.13 bits per heavy atom. The summed E-state index contributed by atoms with van der Waals surface area (Å²) in [6.07, 6.45) is 8.31. The molecule has 0 spiro atoms. The standard InChI is InChI=1S/C28H37N5O4S/c1-19(2)15-17-38(36,37)32-24(18-26(34)33-16-9-14-25(33)21-10-5-4-6-11-21)28(35)29-20(3)27-30-22-12-7-8-13-23(22)31-27/h4-8,10-12,19-20,24-25,32H,9,13-18H2,1-3H3,(H,29,35)/t20?,24-,25+/m0/s1. The lowest BCUT2D eigenvalue weighted by Gasteiger charge is -2.27. The first kappa shape index (κ1) is 27.9. The molecule has 2 amide bonds. The number of carbonyl (C=O) groups excluding carboxylic acids is 2. The van der Waals surface area contributed by atoms with Gasteiger partial charge in [0.2, 0.25) is 21.8 Å². The molecular weight excluding hydrogens is 502 g/mol. The quantitative estimate of drug-likeness (QED) is 0.448. The third-order valence-electron chi connectivity index (χ3n) is 6.97. The summed E-state index contributed by atoms with van der Waals surface area (Å²) in [5.74, 6) is -0.296. The van der Waals surface area contributed by atoms with Crippen LogP contribution < -0.4 is 10.0 Å². The number of nitrogens with one attached hydrogen (secondary N) is 2. The van der Waals surface area contributed by atoms with Crippen LogP contribution >= 0.6 is 0 Å². The largest absolute Gasteiger partial charge is 0.345 e. The van der Waals surface area contributed by atoms with Crippen LogP contribution in [0.4, 0.5) is 0 Å². The SMILES string of the molecule is CC(C)CCS(=O)(=O)N[C@@H](CC(=O)N1CCC[C@@H]1c1ccccc1)C(=O)NC(C)C1=NC2=CC=CCC2=N1. The van der Waals surface area contributed by atoms with Crippen molar-refractivity contribution in [2.24, 2.45) is 15.9 Å². The third kappa shape index (κ3) is 7.05. The van der Waals surface area contributed by atoms with Crippen LogP contribution in [0.15, 0.2) is 64.2 Å². The molecule has 2 N–H and O–H groups in total. The van der Waals surface area contributed by atoms with E-state index >= 15 is 0 Å². The maximum atomic E-state index is 13.5. The van der Waals surface area contributed by atoms with Crippen molar-refractivity contribution in [3.63, 3.8) is 0 Å². The summed E-state index contributed by atoms with van der Waals surface area (Å²) in [6, 6.07) is 7.91. The number of amides is 2. The zero-order chi connectivity index (χ0) is 27.3. The van der Waals surface area contributed by atoms with Gasteiger partial charge < -0.3 is 10.2 Å². The minimum absolute atomic E-state index is 0.0854. The Hall–Kier alpha value is -3.11. The van der Waals surface area contributed by atoms with Crippen LogP contribution in [0.25, 0.3) is 0 Å². The second-order valence-electron chi connectivity index (χ2n) is 10.5. The van der Waals surface area contributed by atoms with Gasteiger partial charge in [-0.1, -0.05) is 56.3 Å². The zero-order valence-electron chi connectivity index (χ0n) is 22.3. The maximum Gasteiger partial charge on any atom is 0.239 e. The molecule has 3 aliphatic rings. The summed E-state index contributed by atoms with van der Waals surface area (Å²) in [6.45, 7) is 6.20. The van der Waals surface area contributed by atoms with Gasteiger partial charge >= 0.3 is 0 Å². The number of sulfonamides is 1. The minimum atomic E-state index is -3.78. The van der Waals surface area contributed by atoms with Gasteiger partial charge in [0.05, 0.1) is 35.7 Å². The van der Waals surface area contributed by atoms with E-state index in [1.807, 2.05) is 62.4 Å². The Morgan fingerprint density at radius 3 is 2.61 bits per heavy atom.